The van der Waals surface area contributed by atoms with E-state index in [-0.39, 0.29) is 12.2 Å². The van der Waals surface area contributed by atoms with E-state index in [1.165, 1.54) is 0 Å². The molecular weight excluding hydrogens is 234 g/mol. The first-order valence-electron chi connectivity index (χ1n) is 5.52. The lowest BCUT2D eigenvalue weighted by Gasteiger charge is -2.19. The molecular formula is C12H19NO3Si. The van der Waals surface area contributed by atoms with Gasteiger partial charge in [0.2, 0.25) is 0 Å². The lowest BCUT2D eigenvalue weighted by atomic mass is 10.1. The van der Waals surface area contributed by atoms with Gasteiger partial charge in [-0.25, -0.2) is 0 Å². The predicted octanol–water partition coefficient (Wildman–Crippen LogP) is 0.892. The zero-order valence-electron chi connectivity index (χ0n) is 10.4. The Morgan fingerprint density at radius 1 is 1.41 bits per heavy atom. The standard InChI is InChI=1S/C12H19NO3Si/c1-17(2,3)11-7-8(4-5-10(11)14)6-9(13)12(15)16/h4-5,7,9,14H,6,13H2,1-3H3,(H,15,16)/t9-/m0/s1. The van der Waals surface area contributed by atoms with E-state index in [2.05, 4.69) is 19.6 Å². The van der Waals surface area contributed by atoms with Crippen molar-refractivity contribution in [3.8, 4) is 5.75 Å². The van der Waals surface area contributed by atoms with Gasteiger partial charge in [0.25, 0.3) is 0 Å². The summed E-state index contributed by atoms with van der Waals surface area (Å²) in [7, 11) is -1.63. The van der Waals surface area contributed by atoms with Crippen molar-refractivity contribution in [1.29, 1.82) is 0 Å². The molecule has 1 rings (SSSR count). The van der Waals surface area contributed by atoms with Crippen molar-refractivity contribution >= 4 is 19.2 Å². The first-order valence-corrected chi connectivity index (χ1v) is 9.02. The number of aliphatic carboxylic acids is 1. The smallest absolute Gasteiger partial charge is 0.320 e. The molecule has 4 nitrogen and oxygen atoms in total. The van der Waals surface area contributed by atoms with Gasteiger partial charge in [-0.15, -0.1) is 0 Å². The first-order chi connectivity index (χ1) is 7.71. The number of carboxylic acids is 1. The fourth-order valence-electron chi connectivity index (χ4n) is 1.65. The van der Waals surface area contributed by atoms with Gasteiger partial charge in [0.1, 0.15) is 11.8 Å². The zero-order valence-corrected chi connectivity index (χ0v) is 11.4. The van der Waals surface area contributed by atoms with E-state index in [1.54, 1.807) is 12.1 Å². The van der Waals surface area contributed by atoms with Gasteiger partial charge in [-0.1, -0.05) is 31.8 Å². The number of carbonyl (C=O) groups is 1. The molecule has 0 spiro atoms. The fourth-order valence-corrected chi connectivity index (χ4v) is 3.12. The van der Waals surface area contributed by atoms with Crippen molar-refractivity contribution in [2.75, 3.05) is 0 Å². The molecule has 0 aliphatic rings. The van der Waals surface area contributed by atoms with Crippen molar-refractivity contribution in [3.05, 3.63) is 23.8 Å². The largest absolute Gasteiger partial charge is 0.508 e. The number of benzene rings is 1. The average molecular weight is 253 g/mol. The highest BCUT2D eigenvalue weighted by Crippen LogP contribution is 2.15. The van der Waals surface area contributed by atoms with Crippen LogP contribution < -0.4 is 10.9 Å². The summed E-state index contributed by atoms with van der Waals surface area (Å²) in [5.41, 5.74) is 6.35. The third-order valence-electron chi connectivity index (χ3n) is 2.64. The molecule has 1 aromatic rings. The monoisotopic (exact) mass is 253 g/mol. The molecule has 0 amide bonds. The van der Waals surface area contributed by atoms with Gasteiger partial charge in [0, 0.05) is 0 Å². The third kappa shape index (κ3) is 3.57. The summed E-state index contributed by atoms with van der Waals surface area (Å²) >= 11 is 0. The minimum Gasteiger partial charge on any atom is -0.508 e. The Morgan fingerprint density at radius 3 is 2.47 bits per heavy atom. The SMILES string of the molecule is C[Si](C)(C)c1cc(C[C@H](N)C(=O)O)ccc1O. The summed E-state index contributed by atoms with van der Waals surface area (Å²) < 4.78 is 0. The summed E-state index contributed by atoms with van der Waals surface area (Å²) in [5.74, 6) is -0.718. The van der Waals surface area contributed by atoms with E-state index in [0.717, 1.165) is 10.8 Å². The summed E-state index contributed by atoms with van der Waals surface area (Å²) in [6, 6.07) is 4.33. The molecule has 4 N–H and O–H groups in total. The van der Waals surface area contributed by atoms with E-state index in [1.807, 2.05) is 6.07 Å². The lowest BCUT2D eigenvalue weighted by molar-refractivity contribution is -0.138. The van der Waals surface area contributed by atoms with Crippen LogP contribution in [0.25, 0.3) is 0 Å². The van der Waals surface area contributed by atoms with Crippen LogP contribution in [0.2, 0.25) is 19.6 Å². The van der Waals surface area contributed by atoms with Crippen molar-refractivity contribution in [2.24, 2.45) is 5.73 Å². The van der Waals surface area contributed by atoms with Crippen molar-refractivity contribution in [2.45, 2.75) is 32.1 Å². The Labute approximate surface area is 102 Å². The minimum atomic E-state index is -1.63. The van der Waals surface area contributed by atoms with Crippen LogP contribution >= 0.6 is 0 Å². The normalized spacial score (nSPS) is 13.4. The number of phenols is 1. The minimum absolute atomic E-state index is 0.285. The molecule has 0 fully saturated rings. The maximum atomic E-state index is 10.7. The third-order valence-corrected chi connectivity index (χ3v) is 4.66. The van der Waals surface area contributed by atoms with Gasteiger partial charge in [-0.2, -0.15) is 0 Å². The van der Waals surface area contributed by atoms with Crippen molar-refractivity contribution in [3.63, 3.8) is 0 Å². The van der Waals surface area contributed by atoms with E-state index in [4.69, 9.17) is 10.8 Å². The molecule has 0 unspecified atom stereocenters. The Morgan fingerprint density at radius 2 is 2.00 bits per heavy atom. The summed E-state index contributed by atoms with van der Waals surface area (Å²) in [4.78, 5) is 10.7. The first kappa shape index (κ1) is 13.7. The molecule has 17 heavy (non-hydrogen) atoms. The van der Waals surface area contributed by atoms with Gasteiger partial charge in [-0.05, 0) is 23.2 Å². The Balaban J connectivity index is 3.01. The molecule has 94 valence electrons. The number of hydrogen-bond donors (Lipinski definition) is 3. The summed E-state index contributed by atoms with van der Waals surface area (Å²) in [5, 5.41) is 19.5. The van der Waals surface area contributed by atoms with Gasteiger partial charge in [0.15, 0.2) is 0 Å². The van der Waals surface area contributed by atoms with Gasteiger partial charge < -0.3 is 15.9 Å². The zero-order chi connectivity index (χ0) is 13.2. The van der Waals surface area contributed by atoms with Crippen LogP contribution in [-0.4, -0.2) is 30.3 Å². The quantitative estimate of drug-likeness (QED) is 0.696. The van der Waals surface area contributed by atoms with Crippen LogP contribution in [0.3, 0.4) is 0 Å². The van der Waals surface area contributed by atoms with Crippen molar-refractivity contribution < 1.29 is 15.0 Å². The molecule has 1 aromatic carbocycles. The van der Waals surface area contributed by atoms with E-state index in [9.17, 15) is 9.90 Å². The summed E-state index contributed by atoms with van der Waals surface area (Å²) in [6.45, 7) is 6.38. The second-order valence-corrected chi connectivity index (χ2v) is 10.3. The molecule has 1 atom stereocenters. The highest BCUT2D eigenvalue weighted by Gasteiger charge is 2.21. The van der Waals surface area contributed by atoms with Gasteiger partial charge >= 0.3 is 5.97 Å². The molecule has 0 heterocycles. The number of hydrogen-bond acceptors (Lipinski definition) is 3. The van der Waals surface area contributed by atoms with Crippen LogP contribution in [0.15, 0.2) is 18.2 Å². The number of nitrogens with two attached hydrogens (primary N) is 1. The molecule has 0 saturated carbocycles. The molecule has 0 bridgehead atoms. The molecule has 0 radical (unpaired) electrons. The highest BCUT2D eigenvalue weighted by atomic mass is 28.3. The number of carboxylic acid groups (broad SMARTS) is 1. The summed E-state index contributed by atoms with van der Waals surface area (Å²) in [6.07, 6.45) is 0.285. The maximum absolute atomic E-state index is 10.7. The molecule has 0 aromatic heterocycles. The molecule has 0 saturated heterocycles. The van der Waals surface area contributed by atoms with Crippen molar-refractivity contribution in [1.82, 2.24) is 0 Å². The van der Waals surface area contributed by atoms with Gasteiger partial charge in [-0.3, -0.25) is 4.79 Å². The number of phenolic OH excluding ortho intramolecular Hbond substituents is 1. The lowest BCUT2D eigenvalue weighted by Crippen LogP contribution is -2.38. The Hall–Kier alpha value is -1.33. The van der Waals surface area contributed by atoms with E-state index >= 15 is 0 Å². The van der Waals surface area contributed by atoms with Crippen LogP contribution in [0.1, 0.15) is 5.56 Å². The number of aromatic hydroxyl groups is 1. The van der Waals surface area contributed by atoms with Crippen LogP contribution in [0.5, 0.6) is 5.75 Å². The van der Waals surface area contributed by atoms with E-state index in [0.29, 0.717) is 0 Å². The van der Waals surface area contributed by atoms with Gasteiger partial charge in [0.05, 0.1) is 8.07 Å². The van der Waals surface area contributed by atoms with E-state index < -0.39 is 20.1 Å². The predicted molar refractivity (Wildman–Crippen MR) is 70.4 cm³/mol. The molecule has 5 heteroatoms. The van der Waals surface area contributed by atoms with Crippen LogP contribution in [0.4, 0.5) is 0 Å². The van der Waals surface area contributed by atoms with Crippen LogP contribution in [0, 0.1) is 0 Å². The topological polar surface area (TPSA) is 83.6 Å². The Kier molecular flexibility index (Phi) is 3.95. The average Bonchev–Trinajstić information content (AvgIpc) is 2.19. The second-order valence-electron chi connectivity index (χ2n) is 5.25. The maximum Gasteiger partial charge on any atom is 0.320 e. The molecule has 0 aliphatic carbocycles. The number of rotatable bonds is 4. The Bertz CT molecular complexity index is 426. The highest BCUT2D eigenvalue weighted by molar-refractivity contribution is 6.89. The molecule has 0 aliphatic heterocycles. The fraction of sp³-hybridized carbons (Fsp3) is 0.417. The van der Waals surface area contributed by atoms with Crippen LogP contribution in [-0.2, 0) is 11.2 Å². The second kappa shape index (κ2) is 4.89.